The highest BCUT2D eigenvalue weighted by Crippen LogP contribution is 2.18. The van der Waals surface area contributed by atoms with E-state index in [0.717, 1.165) is 5.56 Å². The van der Waals surface area contributed by atoms with Crippen LogP contribution in [0.25, 0.3) is 0 Å². The summed E-state index contributed by atoms with van der Waals surface area (Å²) in [5.74, 6) is 0.476. The highest BCUT2D eigenvalue weighted by Gasteiger charge is 2.10. The first kappa shape index (κ1) is 17.2. The fourth-order valence-electron chi connectivity index (χ4n) is 2.20. The minimum Gasteiger partial charge on any atom is -0.484 e. The average molecular weight is 351 g/mol. The Morgan fingerprint density at radius 2 is 2.00 bits per heavy atom. The lowest BCUT2D eigenvalue weighted by Crippen LogP contribution is -2.21. The number of amides is 2. The first-order chi connectivity index (χ1) is 12.6. The van der Waals surface area contributed by atoms with E-state index < -0.39 is 0 Å². The fraction of sp³-hybridized carbons (Fsp3) is 0.105. The first-order valence-electron chi connectivity index (χ1n) is 7.91. The number of pyridine rings is 1. The van der Waals surface area contributed by atoms with Crippen molar-refractivity contribution < 1.29 is 18.7 Å². The predicted molar refractivity (Wildman–Crippen MR) is 96.2 cm³/mol. The van der Waals surface area contributed by atoms with Crippen LogP contribution in [-0.2, 0) is 4.79 Å². The van der Waals surface area contributed by atoms with Gasteiger partial charge in [0.05, 0.1) is 6.26 Å². The molecule has 0 unspecified atom stereocenters. The van der Waals surface area contributed by atoms with Crippen LogP contribution in [0.2, 0.25) is 0 Å². The van der Waals surface area contributed by atoms with E-state index >= 15 is 0 Å². The largest absolute Gasteiger partial charge is 0.484 e. The highest BCUT2D eigenvalue weighted by atomic mass is 16.5. The Kier molecular flexibility index (Phi) is 5.28. The molecule has 3 rings (SSSR count). The minimum absolute atomic E-state index is 0.175. The van der Waals surface area contributed by atoms with Crippen molar-refractivity contribution in [1.82, 2.24) is 4.98 Å². The maximum atomic E-state index is 12.0. The SMILES string of the molecule is Cc1cccnc1NC(=O)COc1cccc(NC(=O)c2ccco2)c1. The number of carbonyl (C=O) groups is 2. The molecule has 0 atom stereocenters. The quantitative estimate of drug-likeness (QED) is 0.711. The number of carbonyl (C=O) groups excluding carboxylic acids is 2. The normalized spacial score (nSPS) is 10.2. The number of benzene rings is 1. The molecule has 0 spiro atoms. The molecule has 0 saturated heterocycles. The summed E-state index contributed by atoms with van der Waals surface area (Å²) in [7, 11) is 0. The van der Waals surface area contributed by atoms with Crippen LogP contribution in [-0.4, -0.2) is 23.4 Å². The number of rotatable bonds is 6. The lowest BCUT2D eigenvalue weighted by atomic mass is 10.3. The zero-order chi connectivity index (χ0) is 18.4. The Morgan fingerprint density at radius 3 is 2.77 bits per heavy atom. The highest BCUT2D eigenvalue weighted by molar-refractivity contribution is 6.02. The van der Waals surface area contributed by atoms with Crippen LogP contribution in [0.15, 0.2) is 65.4 Å². The van der Waals surface area contributed by atoms with Gasteiger partial charge in [-0.25, -0.2) is 4.98 Å². The predicted octanol–water partition coefficient (Wildman–Crippen LogP) is 3.25. The summed E-state index contributed by atoms with van der Waals surface area (Å²) >= 11 is 0. The molecule has 2 N–H and O–H groups in total. The first-order valence-corrected chi connectivity index (χ1v) is 7.91. The van der Waals surface area contributed by atoms with E-state index in [-0.39, 0.29) is 24.2 Å². The summed E-state index contributed by atoms with van der Waals surface area (Å²) in [5.41, 5.74) is 1.40. The molecule has 1 aromatic carbocycles. The third-order valence-electron chi connectivity index (χ3n) is 3.47. The van der Waals surface area contributed by atoms with Crippen LogP contribution >= 0.6 is 0 Å². The molecule has 3 aromatic rings. The maximum Gasteiger partial charge on any atom is 0.291 e. The molecule has 26 heavy (non-hydrogen) atoms. The van der Waals surface area contributed by atoms with Crippen molar-refractivity contribution >= 4 is 23.3 Å². The van der Waals surface area contributed by atoms with Gasteiger partial charge in [0.25, 0.3) is 11.8 Å². The number of nitrogens with one attached hydrogen (secondary N) is 2. The van der Waals surface area contributed by atoms with Crippen molar-refractivity contribution in [2.45, 2.75) is 6.92 Å². The van der Waals surface area contributed by atoms with E-state index in [9.17, 15) is 9.59 Å². The van der Waals surface area contributed by atoms with Gasteiger partial charge in [0, 0.05) is 18.0 Å². The van der Waals surface area contributed by atoms with Gasteiger partial charge >= 0.3 is 0 Å². The van der Waals surface area contributed by atoms with Gasteiger partial charge in [-0.3, -0.25) is 9.59 Å². The van der Waals surface area contributed by atoms with Gasteiger partial charge < -0.3 is 19.8 Å². The van der Waals surface area contributed by atoms with Crippen LogP contribution in [0.5, 0.6) is 5.75 Å². The molecule has 0 aliphatic heterocycles. The number of anilines is 2. The minimum atomic E-state index is -0.365. The third kappa shape index (κ3) is 4.47. The lowest BCUT2D eigenvalue weighted by Gasteiger charge is -2.10. The average Bonchev–Trinajstić information content (AvgIpc) is 3.17. The molecular weight excluding hydrogens is 334 g/mol. The van der Waals surface area contributed by atoms with E-state index in [4.69, 9.17) is 9.15 Å². The van der Waals surface area contributed by atoms with E-state index in [1.807, 2.05) is 13.0 Å². The zero-order valence-electron chi connectivity index (χ0n) is 14.1. The summed E-state index contributed by atoms with van der Waals surface area (Å²) in [6.07, 6.45) is 3.03. The second kappa shape index (κ2) is 7.98. The molecule has 7 nitrogen and oxygen atoms in total. The third-order valence-corrected chi connectivity index (χ3v) is 3.47. The molecular formula is C19H17N3O4. The van der Waals surface area contributed by atoms with Crippen LogP contribution in [0.3, 0.4) is 0 Å². The molecule has 2 amide bonds. The molecule has 132 valence electrons. The fourth-order valence-corrected chi connectivity index (χ4v) is 2.20. The van der Waals surface area contributed by atoms with Gasteiger partial charge in [-0.05, 0) is 42.8 Å². The maximum absolute atomic E-state index is 12.0. The Morgan fingerprint density at radius 1 is 1.12 bits per heavy atom. The van der Waals surface area contributed by atoms with Crippen LogP contribution in [0.4, 0.5) is 11.5 Å². The molecule has 0 aliphatic carbocycles. The number of aryl methyl sites for hydroxylation is 1. The van der Waals surface area contributed by atoms with Gasteiger partial charge in [-0.2, -0.15) is 0 Å². The second-order valence-electron chi connectivity index (χ2n) is 5.47. The Labute approximate surface area is 150 Å². The van der Waals surface area contributed by atoms with E-state index in [0.29, 0.717) is 17.3 Å². The van der Waals surface area contributed by atoms with Gasteiger partial charge in [-0.15, -0.1) is 0 Å². The second-order valence-corrected chi connectivity index (χ2v) is 5.47. The van der Waals surface area contributed by atoms with Crippen LogP contribution in [0, 0.1) is 6.92 Å². The summed E-state index contributed by atoms with van der Waals surface area (Å²) in [4.78, 5) is 28.1. The summed E-state index contributed by atoms with van der Waals surface area (Å²) in [5, 5.41) is 5.39. The number of aromatic nitrogens is 1. The summed E-state index contributed by atoms with van der Waals surface area (Å²) < 4.78 is 10.5. The number of hydrogen-bond acceptors (Lipinski definition) is 5. The molecule has 0 radical (unpaired) electrons. The number of ether oxygens (including phenoxy) is 1. The summed E-state index contributed by atoms with van der Waals surface area (Å²) in [6.45, 7) is 1.68. The van der Waals surface area contributed by atoms with Crippen LogP contribution in [0.1, 0.15) is 16.1 Å². The Bertz CT molecular complexity index is 907. The number of hydrogen-bond donors (Lipinski definition) is 2. The number of nitrogens with zero attached hydrogens (tertiary/aromatic N) is 1. The van der Waals surface area contributed by atoms with Crippen molar-refractivity contribution in [3.63, 3.8) is 0 Å². The molecule has 7 heteroatoms. The summed E-state index contributed by atoms with van der Waals surface area (Å²) in [6, 6.07) is 13.6. The molecule has 0 aliphatic rings. The van der Waals surface area contributed by atoms with Gasteiger partial charge in [0.1, 0.15) is 11.6 Å². The van der Waals surface area contributed by atoms with Crippen LogP contribution < -0.4 is 15.4 Å². The van der Waals surface area contributed by atoms with E-state index in [2.05, 4.69) is 15.6 Å². The standard InChI is InChI=1S/C19H17N3O4/c1-13-5-3-9-20-18(13)22-17(23)12-26-15-7-2-6-14(11-15)21-19(24)16-8-4-10-25-16/h2-11H,12H2,1H3,(H,21,24)(H,20,22,23). The van der Waals surface area contributed by atoms with Crippen molar-refractivity contribution in [2.75, 3.05) is 17.2 Å². The molecule has 2 aromatic heterocycles. The molecule has 0 bridgehead atoms. The topological polar surface area (TPSA) is 93.5 Å². The molecule has 0 fully saturated rings. The smallest absolute Gasteiger partial charge is 0.291 e. The van der Waals surface area contributed by atoms with E-state index in [1.165, 1.54) is 6.26 Å². The van der Waals surface area contributed by atoms with Crippen molar-refractivity contribution in [3.8, 4) is 5.75 Å². The monoisotopic (exact) mass is 351 g/mol. The zero-order valence-corrected chi connectivity index (χ0v) is 14.1. The van der Waals surface area contributed by atoms with Crippen molar-refractivity contribution in [2.24, 2.45) is 0 Å². The van der Waals surface area contributed by atoms with Gasteiger partial charge in [0.15, 0.2) is 12.4 Å². The van der Waals surface area contributed by atoms with Gasteiger partial charge in [-0.1, -0.05) is 12.1 Å². The van der Waals surface area contributed by atoms with Crippen molar-refractivity contribution in [1.29, 1.82) is 0 Å². The number of furan rings is 1. The van der Waals surface area contributed by atoms with Crippen molar-refractivity contribution in [3.05, 3.63) is 72.3 Å². The molecule has 2 heterocycles. The Balaban J connectivity index is 1.56. The lowest BCUT2D eigenvalue weighted by molar-refractivity contribution is -0.118. The Hall–Kier alpha value is -3.61. The van der Waals surface area contributed by atoms with E-state index in [1.54, 1.807) is 48.7 Å². The van der Waals surface area contributed by atoms with Gasteiger partial charge in [0.2, 0.25) is 0 Å². The molecule has 0 saturated carbocycles.